The van der Waals surface area contributed by atoms with Crippen LogP contribution in [-0.4, -0.2) is 16.6 Å². The lowest BCUT2D eigenvalue weighted by Crippen LogP contribution is -2.00. The first-order valence-corrected chi connectivity index (χ1v) is 5.42. The highest BCUT2D eigenvalue weighted by atomic mass is 35.5. The zero-order chi connectivity index (χ0) is 12.4. The van der Waals surface area contributed by atoms with Gasteiger partial charge in [0.1, 0.15) is 0 Å². The van der Waals surface area contributed by atoms with Gasteiger partial charge in [0.15, 0.2) is 12.1 Å². The number of aldehydes is 1. The van der Waals surface area contributed by atoms with Gasteiger partial charge in [0.2, 0.25) is 0 Å². The van der Waals surface area contributed by atoms with Crippen LogP contribution in [0.25, 0.3) is 0 Å². The number of halogens is 1. The van der Waals surface area contributed by atoms with Gasteiger partial charge < -0.3 is 4.57 Å². The van der Waals surface area contributed by atoms with Crippen molar-refractivity contribution in [1.29, 1.82) is 0 Å². The third-order valence-electron chi connectivity index (χ3n) is 2.54. The van der Waals surface area contributed by atoms with Crippen LogP contribution < -0.4 is 0 Å². The van der Waals surface area contributed by atoms with E-state index in [4.69, 9.17) is 11.6 Å². The molecular weight excluding hydrogens is 238 g/mol. The van der Waals surface area contributed by atoms with E-state index < -0.39 is 0 Å². The van der Waals surface area contributed by atoms with E-state index in [1.807, 2.05) is 0 Å². The summed E-state index contributed by atoms with van der Waals surface area (Å²) >= 11 is 5.95. The molecular formula is C13H10ClNO2. The van der Waals surface area contributed by atoms with Gasteiger partial charge in [-0.1, -0.05) is 23.7 Å². The molecule has 0 bridgehead atoms. The maximum atomic E-state index is 12.1. The molecule has 0 saturated heterocycles. The Morgan fingerprint density at radius 2 is 2.06 bits per heavy atom. The molecule has 0 aliphatic carbocycles. The normalized spacial score (nSPS) is 10.2. The molecule has 0 amide bonds. The summed E-state index contributed by atoms with van der Waals surface area (Å²) in [6.45, 7) is 0. The minimum Gasteiger partial charge on any atom is -0.348 e. The topological polar surface area (TPSA) is 39.1 Å². The molecule has 1 aromatic carbocycles. The van der Waals surface area contributed by atoms with E-state index in [1.165, 1.54) is 0 Å². The predicted molar refractivity (Wildman–Crippen MR) is 65.7 cm³/mol. The average molecular weight is 248 g/mol. The average Bonchev–Trinajstić information content (AvgIpc) is 2.70. The Morgan fingerprint density at radius 1 is 1.35 bits per heavy atom. The molecule has 2 aromatic rings. The second-order valence-corrected chi connectivity index (χ2v) is 4.10. The summed E-state index contributed by atoms with van der Waals surface area (Å²) in [5.74, 6) is -0.181. The standard InChI is InChI=1S/C13H10ClNO2/c1-15-7-9(6-10(15)8-16)13(17)11-4-2-3-5-12(11)14/h2-8H,1H3. The molecule has 0 atom stereocenters. The fourth-order valence-electron chi connectivity index (χ4n) is 1.62. The van der Waals surface area contributed by atoms with Gasteiger partial charge in [0, 0.05) is 24.4 Å². The Morgan fingerprint density at radius 3 is 2.65 bits per heavy atom. The molecule has 1 heterocycles. The second kappa shape index (κ2) is 4.55. The molecule has 0 unspecified atom stereocenters. The quantitative estimate of drug-likeness (QED) is 0.618. The zero-order valence-corrected chi connectivity index (χ0v) is 9.94. The molecule has 0 saturated carbocycles. The summed E-state index contributed by atoms with van der Waals surface area (Å²) in [5, 5.41) is 0.411. The van der Waals surface area contributed by atoms with Crippen molar-refractivity contribution >= 4 is 23.7 Å². The van der Waals surface area contributed by atoms with Crippen LogP contribution in [0, 0.1) is 0 Å². The minimum atomic E-state index is -0.181. The number of ketones is 1. The number of aryl methyl sites for hydroxylation is 1. The molecule has 1 aromatic heterocycles. The summed E-state index contributed by atoms with van der Waals surface area (Å²) in [6.07, 6.45) is 2.33. The van der Waals surface area contributed by atoms with Crippen LogP contribution in [0.1, 0.15) is 26.4 Å². The lowest BCUT2D eigenvalue weighted by atomic mass is 10.1. The van der Waals surface area contributed by atoms with Crippen LogP contribution in [0.2, 0.25) is 5.02 Å². The third-order valence-corrected chi connectivity index (χ3v) is 2.87. The van der Waals surface area contributed by atoms with Crippen molar-refractivity contribution in [2.45, 2.75) is 0 Å². The first-order chi connectivity index (χ1) is 8.13. The first-order valence-electron chi connectivity index (χ1n) is 5.04. The van der Waals surface area contributed by atoms with Crippen LogP contribution in [0.15, 0.2) is 36.5 Å². The van der Waals surface area contributed by atoms with Gasteiger partial charge in [0.05, 0.1) is 10.7 Å². The molecule has 17 heavy (non-hydrogen) atoms. The molecule has 0 radical (unpaired) electrons. The van der Waals surface area contributed by atoms with Gasteiger partial charge in [-0.3, -0.25) is 9.59 Å². The minimum absolute atomic E-state index is 0.181. The van der Waals surface area contributed by atoms with Crippen LogP contribution in [0.5, 0.6) is 0 Å². The van der Waals surface area contributed by atoms with Crippen LogP contribution in [-0.2, 0) is 7.05 Å². The van der Waals surface area contributed by atoms with Gasteiger partial charge in [-0.25, -0.2) is 0 Å². The number of nitrogens with zero attached hydrogens (tertiary/aromatic N) is 1. The highest BCUT2D eigenvalue weighted by molar-refractivity contribution is 6.35. The SMILES string of the molecule is Cn1cc(C(=O)c2ccccc2Cl)cc1C=O. The van der Waals surface area contributed by atoms with Crippen molar-refractivity contribution in [3.63, 3.8) is 0 Å². The Kier molecular flexibility index (Phi) is 3.11. The van der Waals surface area contributed by atoms with Gasteiger partial charge in [-0.15, -0.1) is 0 Å². The van der Waals surface area contributed by atoms with Crippen LogP contribution in [0.3, 0.4) is 0 Å². The maximum Gasteiger partial charge on any atom is 0.196 e. The Hall–Kier alpha value is -1.87. The van der Waals surface area contributed by atoms with Crippen molar-refractivity contribution in [3.05, 3.63) is 58.4 Å². The van der Waals surface area contributed by atoms with E-state index >= 15 is 0 Å². The van der Waals surface area contributed by atoms with E-state index in [0.29, 0.717) is 28.1 Å². The summed E-state index contributed by atoms with van der Waals surface area (Å²) in [4.78, 5) is 22.8. The number of hydrogen-bond donors (Lipinski definition) is 0. The molecule has 0 fully saturated rings. The van der Waals surface area contributed by atoms with Gasteiger partial charge in [-0.2, -0.15) is 0 Å². The Balaban J connectivity index is 2.44. The maximum absolute atomic E-state index is 12.1. The molecule has 0 aliphatic rings. The predicted octanol–water partition coefficient (Wildman–Crippen LogP) is 2.72. The van der Waals surface area contributed by atoms with E-state index in [9.17, 15) is 9.59 Å². The van der Waals surface area contributed by atoms with Crippen molar-refractivity contribution in [2.24, 2.45) is 7.05 Å². The van der Waals surface area contributed by atoms with Gasteiger partial charge in [-0.05, 0) is 18.2 Å². The highest BCUT2D eigenvalue weighted by Gasteiger charge is 2.14. The van der Waals surface area contributed by atoms with Gasteiger partial charge >= 0.3 is 0 Å². The first kappa shape index (κ1) is 11.6. The smallest absolute Gasteiger partial charge is 0.196 e. The molecule has 0 N–H and O–H groups in total. The van der Waals surface area contributed by atoms with Gasteiger partial charge in [0.25, 0.3) is 0 Å². The molecule has 0 spiro atoms. The fourth-order valence-corrected chi connectivity index (χ4v) is 1.85. The van der Waals surface area contributed by atoms with E-state index in [1.54, 1.807) is 48.1 Å². The lowest BCUT2D eigenvalue weighted by molar-refractivity contribution is 0.103. The van der Waals surface area contributed by atoms with Crippen molar-refractivity contribution in [1.82, 2.24) is 4.57 Å². The number of benzene rings is 1. The van der Waals surface area contributed by atoms with E-state index in [2.05, 4.69) is 0 Å². The summed E-state index contributed by atoms with van der Waals surface area (Å²) in [5.41, 5.74) is 1.36. The number of carbonyl (C=O) groups is 2. The number of aromatic nitrogens is 1. The number of rotatable bonds is 3. The highest BCUT2D eigenvalue weighted by Crippen LogP contribution is 2.19. The zero-order valence-electron chi connectivity index (χ0n) is 9.18. The molecule has 3 nitrogen and oxygen atoms in total. The van der Waals surface area contributed by atoms with E-state index in [-0.39, 0.29) is 5.78 Å². The van der Waals surface area contributed by atoms with Crippen molar-refractivity contribution in [3.8, 4) is 0 Å². The largest absolute Gasteiger partial charge is 0.348 e. The van der Waals surface area contributed by atoms with Crippen LogP contribution >= 0.6 is 11.6 Å². The number of carbonyl (C=O) groups excluding carboxylic acids is 2. The molecule has 2 rings (SSSR count). The van der Waals surface area contributed by atoms with Crippen LogP contribution in [0.4, 0.5) is 0 Å². The molecule has 86 valence electrons. The monoisotopic (exact) mass is 247 g/mol. The van der Waals surface area contributed by atoms with Crippen molar-refractivity contribution in [2.75, 3.05) is 0 Å². The molecule has 4 heteroatoms. The third kappa shape index (κ3) is 2.15. The fraction of sp³-hybridized carbons (Fsp3) is 0.0769. The Bertz CT molecular complexity index is 587. The second-order valence-electron chi connectivity index (χ2n) is 3.69. The summed E-state index contributed by atoms with van der Waals surface area (Å²) in [7, 11) is 1.72. The Labute approximate surface area is 104 Å². The lowest BCUT2D eigenvalue weighted by Gasteiger charge is -2.00. The molecule has 0 aliphatic heterocycles. The van der Waals surface area contributed by atoms with Crippen molar-refractivity contribution < 1.29 is 9.59 Å². The summed E-state index contributed by atoms with van der Waals surface area (Å²) in [6, 6.07) is 8.40. The number of hydrogen-bond acceptors (Lipinski definition) is 2. The van der Waals surface area contributed by atoms with E-state index in [0.717, 1.165) is 0 Å². The summed E-state index contributed by atoms with van der Waals surface area (Å²) < 4.78 is 1.61.